The number of halogens is 5. The lowest BCUT2D eigenvalue weighted by Crippen LogP contribution is -2.63. The maximum absolute atomic E-state index is 13.2. The largest absolute Gasteiger partial charge is 0.431 e. The molecule has 0 bridgehead atoms. The van der Waals surface area contributed by atoms with Gasteiger partial charge >= 0.3 is 6.18 Å². The number of nitrogens with zero attached hydrogens (tertiary/aromatic N) is 1. The van der Waals surface area contributed by atoms with Crippen LogP contribution < -0.4 is 10.6 Å². The van der Waals surface area contributed by atoms with Crippen LogP contribution >= 0.6 is 24.8 Å². The van der Waals surface area contributed by atoms with Crippen molar-refractivity contribution < 1.29 is 13.2 Å². The van der Waals surface area contributed by atoms with Gasteiger partial charge in [-0.1, -0.05) is 0 Å². The Labute approximate surface area is 140 Å². The molecule has 2 aliphatic rings. The highest BCUT2D eigenvalue weighted by molar-refractivity contribution is 5.85. The van der Waals surface area contributed by atoms with Gasteiger partial charge in [-0.15, -0.1) is 24.8 Å². The maximum atomic E-state index is 13.2. The fourth-order valence-electron chi connectivity index (χ4n) is 3.68. The molecule has 0 amide bonds. The van der Waals surface area contributed by atoms with Crippen LogP contribution in [0.3, 0.4) is 0 Å². The van der Waals surface area contributed by atoms with Gasteiger partial charge in [0.05, 0.1) is 5.54 Å². The van der Waals surface area contributed by atoms with Crippen molar-refractivity contribution in [1.29, 1.82) is 0 Å². The first-order valence-corrected chi connectivity index (χ1v) is 7.01. The number of hydrogen-bond acceptors (Lipinski definition) is 2. The smallest absolute Gasteiger partial charge is 0.337 e. The Bertz CT molecular complexity index is 520. The predicted molar refractivity (Wildman–Crippen MR) is 84.9 cm³/mol. The van der Waals surface area contributed by atoms with E-state index in [1.165, 1.54) is 10.6 Å². The summed E-state index contributed by atoms with van der Waals surface area (Å²) in [6, 6.07) is 2.87. The van der Waals surface area contributed by atoms with Crippen molar-refractivity contribution in [1.82, 2.24) is 15.2 Å². The second-order valence-electron chi connectivity index (χ2n) is 6.53. The van der Waals surface area contributed by atoms with E-state index in [9.17, 15) is 13.2 Å². The normalized spacial score (nSPS) is 22.4. The summed E-state index contributed by atoms with van der Waals surface area (Å²) in [6.07, 6.45) is -2.66. The van der Waals surface area contributed by atoms with Gasteiger partial charge in [-0.05, 0) is 51.9 Å². The van der Waals surface area contributed by atoms with Crippen LogP contribution in [0.15, 0.2) is 12.1 Å². The van der Waals surface area contributed by atoms with Gasteiger partial charge in [-0.2, -0.15) is 13.2 Å². The summed E-state index contributed by atoms with van der Waals surface area (Å²) < 4.78 is 41.0. The van der Waals surface area contributed by atoms with Gasteiger partial charge in [0.25, 0.3) is 0 Å². The summed E-state index contributed by atoms with van der Waals surface area (Å²) in [5.74, 6) is 0. The van der Waals surface area contributed by atoms with Gasteiger partial charge in [0.1, 0.15) is 5.69 Å². The third-order valence-corrected chi connectivity index (χ3v) is 4.35. The summed E-state index contributed by atoms with van der Waals surface area (Å²) >= 11 is 0. The SMILES string of the molecule is CC1(C)Cn2c(C(F)(F)F)ccc2C2(CCNCC2)N1.Cl.Cl. The van der Waals surface area contributed by atoms with E-state index in [2.05, 4.69) is 10.6 Å². The van der Waals surface area contributed by atoms with Crippen LogP contribution in [0.25, 0.3) is 0 Å². The molecule has 0 unspecified atom stereocenters. The minimum atomic E-state index is -4.29. The molecular formula is C14H22Cl2F3N3. The molecule has 3 nitrogen and oxygen atoms in total. The Morgan fingerprint density at radius 3 is 2.23 bits per heavy atom. The monoisotopic (exact) mass is 359 g/mol. The Hall–Kier alpha value is -0.430. The molecule has 8 heteroatoms. The van der Waals surface area contributed by atoms with Gasteiger partial charge < -0.3 is 9.88 Å². The lowest BCUT2D eigenvalue weighted by molar-refractivity contribution is -0.144. The molecule has 1 saturated heterocycles. The zero-order valence-electron chi connectivity index (χ0n) is 12.6. The topological polar surface area (TPSA) is 29.0 Å². The average Bonchev–Trinajstić information content (AvgIpc) is 2.72. The second kappa shape index (κ2) is 6.23. The van der Waals surface area contributed by atoms with E-state index in [1.807, 2.05) is 13.8 Å². The first-order chi connectivity index (χ1) is 9.24. The first-order valence-electron chi connectivity index (χ1n) is 7.01. The maximum Gasteiger partial charge on any atom is 0.431 e. The van der Waals surface area contributed by atoms with E-state index in [0.717, 1.165) is 31.6 Å². The van der Waals surface area contributed by atoms with Gasteiger partial charge in [0, 0.05) is 17.8 Å². The van der Waals surface area contributed by atoms with Crippen molar-refractivity contribution in [2.45, 2.75) is 50.5 Å². The second-order valence-corrected chi connectivity index (χ2v) is 6.53. The number of hydrogen-bond donors (Lipinski definition) is 2. The van der Waals surface area contributed by atoms with Crippen molar-refractivity contribution in [3.63, 3.8) is 0 Å². The van der Waals surface area contributed by atoms with E-state index in [-0.39, 0.29) is 35.9 Å². The zero-order chi connectivity index (χ0) is 14.6. The lowest BCUT2D eigenvalue weighted by atomic mass is 9.80. The summed E-state index contributed by atoms with van der Waals surface area (Å²) in [5, 5.41) is 6.88. The molecule has 3 rings (SSSR count). The highest BCUT2D eigenvalue weighted by Crippen LogP contribution is 2.41. The average molecular weight is 360 g/mol. The fraction of sp³-hybridized carbons (Fsp3) is 0.714. The van der Waals surface area contributed by atoms with E-state index < -0.39 is 11.9 Å². The molecular weight excluding hydrogens is 338 g/mol. The highest BCUT2D eigenvalue weighted by Gasteiger charge is 2.47. The zero-order valence-corrected chi connectivity index (χ0v) is 14.2. The minimum Gasteiger partial charge on any atom is -0.337 e. The Balaban J connectivity index is 0.00000121. The third-order valence-electron chi connectivity index (χ3n) is 4.35. The minimum absolute atomic E-state index is 0. The molecule has 2 aliphatic heterocycles. The molecule has 0 aromatic carbocycles. The molecule has 128 valence electrons. The van der Waals surface area contributed by atoms with Crippen LogP contribution in [-0.2, 0) is 18.3 Å². The third kappa shape index (κ3) is 3.25. The molecule has 0 atom stereocenters. The van der Waals surface area contributed by atoms with Crippen LogP contribution in [0.1, 0.15) is 38.1 Å². The standard InChI is InChI=1S/C14H20F3N3.2ClH/c1-12(2)9-20-10(3-4-11(20)14(15,16)17)13(19-12)5-7-18-8-6-13;;/h3-4,18-19H,5-9H2,1-2H3;2*1H. The number of aromatic nitrogens is 1. The van der Waals surface area contributed by atoms with Crippen molar-refractivity contribution in [2.75, 3.05) is 13.1 Å². The Morgan fingerprint density at radius 1 is 1.09 bits per heavy atom. The summed E-state index contributed by atoms with van der Waals surface area (Å²) in [5.41, 5.74) is -0.425. The lowest BCUT2D eigenvalue weighted by Gasteiger charge is -2.49. The molecule has 1 spiro atoms. The van der Waals surface area contributed by atoms with E-state index in [4.69, 9.17) is 0 Å². The van der Waals surface area contributed by atoms with E-state index in [1.54, 1.807) is 6.07 Å². The summed E-state index contributed by atoms with van der Waals surface area (Å²) in [6.45, 7) is 5.95. The molecule has 0 aliphatic carbocycles. The fourth-order valence-corrected chi connectivity index (χ4v) is 3.68. The summed E-state index contributed by atoms with van der Waals surface area (Å²) in [7, 11) is 0. The number of rotatable bonds is 0. The first kappa shape index (κ1) is 19.6. The van der Waals surface area contributed by atoms with Crippen LogP contribution in [0.4, 0.5) is 13.2 Å². The molecule has 0 saturated carbocycles. The van der Waals surface area contributed by atoms with Crippen molar-refractivity contribution in [2.24, 2.45) is 0 Å². The van der Waals surface area contributed by atoms with Crippen molar-refractivity contribution in [3.05, 3.63) is 23.5 Å². The number of nitrogens with one attached hydrogen (secondary N) is 2. The molecule has 1 fully saturated rings. The van der Waals surface area contributed by atoms with Crippen LogP contribution in [0.5, 0.6) is 0 Å². The van der Waals surface area contributed by atoms with Crippen molar-refractivity contribution in [3.8, 4) is 0 Å². The molecule has 2 N–H and O–H groups in total. The Kier molecular flexibility index (Phi) is 5.55. The number of piperidine rings is 1. The molecule has 1 aromatic rings. The van der Waals surface area contributed by atoms with Gasteiger partial charge in [-0.3, -0.25) is 5.32 Å². The van der Waals surface area contributed by atoms with Gasteiger partial charge in [0.15, 0.2) is 0 Å². The predicted octanol–water partition coefficient (Wildman–Crippen LogP) is 3.31. The molecule has 3 heterocycles. The van der Waals surface area contributed by atoms with Gasteiger partial charge in [-0.25, -0.2) is 0 Å². The van der Waals surface area contributed by atoms with Crippen molar-refractivity contribution >= 4 is 24.8 Å². The number of alkyl halides is 3. The van der Waals surface area contributed by atoms with E-state index in [0.29, 0.717) is 6.54 Å². The Morgan fingerprint density at radius 2 is 1.68 bits per heavy atom. The van der Waals surface area contributed by atoms with E-state index >= 15 is 0 Å². The molecule has 22 heavy (non-hydrogen) atoms. The quantitative estimate of drug-likeness (QED) is 0.743. The molecule has 1 aromatic heterocycles. The van der Waals surface area contributed by atoms with Crippen LogP contribution in [-0.4, -0.2) is 23.2 Å². The molecule has 0 radical (unpaired) electrons. The van der Waals surface area contributed by atoms with Crippen LogP contribution in [0.2, 0.25) is 0 Å². The highest BCUT2D eigenvalue weighted by atomic mass is 35.5. The summed E-state index contributed by atoms with van der Waals surface area (Å²) in [4.78, 5) is 0. The van der Waals surface area contributed by atoms with Gasteiger partial charge in [0.2, 0.25) is 0 Å². The van der Waals surface area contributed by atoms with Crippen LogP contribution in [0, 0.1) is 0 Å². The number of fused-ring (bicyclic) bond motifs is 2.